The number of carbonyl (C=O) groups is 1. The molecule has 1 amide bonds. The topological polar surface area (TPSA) is 68.0 Å². The molecule has 4 nitrogen and oxygen atoms in total. The highest BCUT2D eigenvalue weighted by molar-refractivity contribution is 7.13. The van der Waals surface area contributed by atoms with Crippen LogP contribution in [-0.2, 0) is 0 Å². The van der Waals surface area contributed by atoms with Crippen molar-refractivity contribution < 1.29 is 13.6 Å². The van der Waals surface area contributed by atoms with E-state index in [1.807, 2.05) is 0 Å². The van der Waals surface area contributed by atoms with Crippen LogP contribution < -0.4 is 11.1 Å². The first kappa shape index (κ1) is 12.4. The van der Waals surface area contributed by atoms with E-state index in [2.05, 4.69) is 10.3 Å². The van der Waals surface area contributed by atoms with Crippen molar-refractivity contribution in [2.75, 3.05) is 11.1 Å². The molecule has 0 aliphatic carbocycles. The van der Waals surface area contributed by atoms with Crippen LogP contribution in [0.25, 0.3) is 0 Å². The molecule has 3 N–H and O–H groups in total. The van der Waals surface area contributed by atoms with Crippen molar-refractivity contribution in [3.63, 3.8) is 0 Å². The molecule has 1 heterocycles. The van der Waals surface area contributed by atoms with Gasteiger partial charge in [-0.15, -0.1) is 11.3 Å². The molecule has 0 aliphatic rings. The van der Waals surface area contributed by atoms with Crippen molar-refractivity contribution in [2.24, 2.45) is 0 Å². The maximum atomic E-state index is 13.0. The third kappa shape index (κ3) is 2.45. The number of anilines is 2. The number of aromatic nitrogens is 1. The van der Waals surface area contributed by atoms with E-state index in [1.165, 1.54) is 11.3 Å². The summed E-state index contributed by atoms with van der Waals surface area (Å²) in [5.41, 5.74) is 5.97. The molecule has 0 saturated carbocycles. The second-order valence-electron chi connectivity index (χ2n) is 3.60. The molecule has 0 spiro atoms. The molecule has 1 aromatic heterocycles. The van der Waals surface area contributed by atoms with E-state index in [0.29, 0.717) is 5.13 Å². The molecule has 0 fully saturated rings. The van der Waals surface area contributed by atoms with Gasteiger partial charge in [-0.25, -0.2) is 13.8 Å². The summed E-state index contributed by atoms with van der Waals surface area (Å²) >= 11 is 1.23. The van der Waals surface area contributed by atoms with E-state index >= 15 is 0 Å². The highest BCUT2D eigenvalue weighted by Gasteiger charge is 2.15. The van der Waals surface area contributed by atoms with Crippen LogP contribution in [0.1, 0.15) is 16.1 Å². The number of rotatable bonds is 2. The minimum Gasteiger partial charge on any atom is -0.398 e. The minimum atomic E-state index is -1.12. The quantitative estimate of drug-likeness (QED) is 0.823. The number of nitrogens with zero attached hydrogens (tertiary/aromatic N) is 1. The van der Waals surface area contributed by atoms with Crippen molar-refractivity contribution >= 4 is 28.1 Å². The Bertz CT molecular complexity index is 612. The van der Waals surface area contributed by atoms with E-state index in [-0.39, 0.29) is 11.3 Å². The zero-order valence-corrected chi connectivity index (χ0v) is 10.1. The lowest BCUT2D eigenvalue weighted by atomic mass is 10.1. The van der Waals surface area contributed by atoms with Crippen molar-refractivity contribution in [1.29, 1.82) is 0 Å². The third-order valence-corrected chi connectivity index (χ3v) is 3.05. The number of hydrogen-bond donors (Lipinski definition) is 2. The molecule has 0 bridgehead atoms. The minimum absolute atomic E-state index is 0.123. The van der Waals surface area contributed by atoms with Crippen LogP contribution in [0.3, 0.4) is 0 Å². The summed E-state index contributed by atoms with van der Waals surface area (Å²) in [6.07, 6.45) is 0. The van der Waals surface area contributed by atoms with Gasteiger partial charge in [-0.05, 0) is 13.0 Å². The summed E-state index contributed by atoms with van der Waals surface area (Å²) < 4.78 is 25.9. The highest BCUT2D eigenvalue weighted by atomic mass is 32.1. The van der Waals surface area contributed by atoms with Crippen molar-refractivity contribution in [3.05, 3.63) is 40.4 Å². The van der Waals surface area contributed by atoms with Gasteiger partial charge in [-0.3, -0.25) is 10.1 Å². The first-order valence-corrected chi connectivity index (χ1v) is 5.83. The van der Waals surface area contributed by atoms with Gasteiger partial charge < -0.3 is 5.73 Å². The average Bonchev–Trinajstić information content (AvgIpc) is 2.69. The van der Waals surface area contributed by atoms with Crippen LogP contribution in [0.5, 0.6) is 0 Å². The molecule has 1 aromatic carbocycles. The summed E-state index contributed by atoms with van der Waals surface area (Å²) in [5, 5.41) is 4.60. The van der Waals surface area contributed by atoms with Crippen LogP contribution in [0.2, 0.25) is 0 Å². The van der Waals surface area contributed by atoms with Crippen molar-refractivity contribution in [2.45, 2.75) is 6.92 Å². The molecule has 0 saturated heterocycles. The molecular weight excluding hydrogens is 260 g/mol. The Kier molecular flexibility index (Phi) is 3.24. The maximum Gasteiger partial charge on any atom is 0.259 e. The van der Waals surface area contributed by atoms with Gasteiger partial charge in [-0.2, -0.15) is 0 Å². The van der Waals surface area contributed by atoms with E-state index in [4.69, 9.17) is 5.73 Å². The number of thiazole rings is 1. The van der Waals surface area contributed by atoms with E-state index in [1.54, 1.807) is 12.3 Å². The van der Waals surface area contributed by atoms with E-state index < -0.39 is 17.5 Å². The van der Waals surface area contributed by atoms with Gasteiger partial charge >= 0.3 is 0 Å². The Labute approximate surface area is 105 Å². The normalized spacial score (nSPS) is 10.4. The monoisotopic (exact) mass is 269 g/mol. The van der Waals surface area contributed by atoms with Crippen molar-refractivity contribution in [1.82, 2.24) is 4.98 Å². The molecule has 18 heavy (non-hydrogen) atoms. The van der Waals surface area contributed by atoms with Crippen LogP contribution in [0, 0.1) is 18.6 Å². The van der Waals surface area contributed by atoms with Crippen LogP contribution in [0.15, 0.2) is 17.5 Å². The number of carbonyl (C=O) groups excluding carboxylic acids is 1. The van der Waals surface area contributed by atoms with Gasteiger partial charge in [0, 0.05) is 17.1 Å². The Morgan fingerprint density at radius 3 is 2.67 bits per heavy atom. The smallest absolute Gasteiger partial charge is 0.259 e. The molecule has 0 radical (unpaired) electrons. The zero-order valence-electron chi connectivity index (χ0n) is 9.33. The summed E-state index contributed by atoms with van der Waals surface area (Å²) in [5.74, 6) is -2.83. The van der Waals surface area contributed by atoms with Gasteiger partial charge in [0.15, 0.2) is 16.8 Å². The fourth-order valence-electron chi connectivity index (χ4n) is 1.33. The summed E-state index contributed by atoms with van der Waals surface area (Å²) in [6, 6.07) is 1.54. The Morgan fingerprint density at radius 1 is 1.39 bits per heavy atom. The lowest BCUT2D eigenvalue weighted by Gasteiger charge is -2.05. The van der Waals surface area contributed by atoms with Crippen LogP contribution >= 0.6 is 11.3 Å². The molecule has 2 aromatic rings. The Morgan fingerprint density at radius 2 is 2.06 bits per heavy atom. The van der Waals surface area contributed by atoms with Gasteiger partial charge in [0.2, 0.25) is 0 Å². The first-order valence-electron chi connectivity index (χ1n) is 4.95. The molecule has 0 unspecified atom stereocenters. The largest absolute Gasteiger partial charge is 0.398 e. The first-order chi connectivity index (χ1) is 8.47. The zero-order chi connectivity index (χ0) is 13.3. The van der Waals surface area contributed by atoms with Crippen LogP contribution in [-0.4, -0.2) is 10.9 Å². The molecule has 7 heteroatoms. The lowest BCUT2D eigenvalue weighted by molar-refractivity contribution is 0.102. The molecule has 2 rings (SSSR count). The van der Waals surface area contributed by atoms with E-state index in [0.717, 1.165) is 17.8 Å². The van der Waals surface area contributed by atoms with Gasteiger partial charge in [0.05, 0.1) is 11.3 Å². The second kappa shape index (κ2) is 4.69. The van der Waals surface area contributed by atoms with Gasteiger partial charge in [0.1, 0.15) is 0 Å². The summed E-state index contributed by atoms with van der Waals surface area (Å²) in [6.45, 7) is 1.78. The van der Waals surface area contributed by atoms with Crippen molar-refractivity contribution in [3.8, 4) is 0 Å². The fraction of sp³-hybridized carbons (Fsp3) is 0.0909. The van der Waals surface area contributed by atoms with Crippen LogP contribution in [0.4, 0.5) is 19.6 Å². The second-order valence-corrected chi connectivity index (χ2v) is 4.46. The standard InChI is InChI=1S/C11H9F2N3OS/c1-5-4-18-11(15-5)16-10(17)6-2-7(12)8(13)3-9(6)14/h2-4H,14H2,1H3,(H,15,16,17). The molecule has 94 valence electrons. The maximum absolute atomic E-state index is 13.0. The van der Waals surface area contributed by atoms with E-state index in [9.17, 15) is 13.6 Å². The summed E-state index contributed by atoms with van der Waals surface area (Å²) in [4.78, 5) is 15.8. The molecule has 0 aliphatic heterocycles. The highest BCUT2D eigenvalue weighted by Crippen LogP contribution is 2.20. The number of nitrogens with one attached hydrogen (secondary N) is 1. The number of benzene rings is 1. The summed E-state index contributed by atoms with van der Waals surface area (Å²) in [7, 11) is 0. The van der Waals surface area contributed by atoms with Gasteiger partial charge in [-0.1, -0.05) is 0 Å². The number of hydrogen-bond acceptors (Lipinski definition) is 4. The predicted molar refractivity (Wildman–Crippen MR) is 65.6 cm³/mol. The number of amides is 1. The Balaban J connectivity index is 2.26. The Hall–Kier alpha value is -2.02. The average molecular weight is 269 g/mol. The number of nitrogen functional groups attached to an aromatic ring is 1. The molecule has 0 atom stereocenters. The fourth-order valence-corrected chi connectivity index (χ4v) is 2.02. The lowest BCUT2D eigenvalue weighted by Crippen LogP contribution is -2.14. The predicted octanol–water partition coefficient (Wildman–Crippen LogP) is 2.56. The third-order valence-electron chi connectivity index (χ3n) is 2.18. The molecular formula is C11H9F2N3OS. The number of halogens is 2. The van der Waals surface area contributed by atoms with Gasteiger partial charge in [0.25, 0.3) is 5.91 Å². The number of aryl methyl sites for hydroxylation is 1. The SMILES string of the molecule is Cc1csc(NC(=O)c2cc(F)c(F)cc2N)n1. The number of nitrogens with two attached hydrogens (primary N) is 1.